The average molecular weight is 228 g/mol. The highest BCUT2D eigenvalue weighted by Crippen LogP contribution is 2.34. The minimum Gasteiger partial charge on any atom is -0.508 e. The van der Waals surface area contributed by atoms with Gasteiger partial charge in [-0.15, -0.1) is 0 Å². The molecule has 0 saturated carbocycles. The third kappa shape index (κ3) is 1.99. The summed E-state index contributed by atoms with van der Waals surface area (Å²) in [6, 6.07) is 8.88. The first-order valence-corrected chi connectivity index (χ1v) is 5.19. The van der Waals surface area contributed by atoms with Gasteiger partial charge in [-0.05, 0) is 17.9 Å². The number of esters is 1. The molecule has 0 radical (unpaired) electrons. The van der Waals surface area contributed by atoms with Crippen LogP contribution in [0.3, 0.4) is 0 Å². The molecule has 0 fully saturated rings. The lowest BCUT2D eigenvalue weighted by molar-refractivity contribution is -0.128. The van der Waals surface area contributed by atoms with Gasteiger partial charge in [-0.1, -0.05) is 30.8 Å². The van der Waals surface area contributed by atoms with E-state index < -0.39 is 5.97 Å². The largest absolute Gasteiger partial charge is 0.508 e. The first-order chi connectivity index (χ1) is 8.13. The van der Waals surface area contributed by atoms with Crippen LogP contribution in [-0.4, -0.2) is 11.1 Å². The highest BCUT2D eigenvalue weighted by molar-refractivity contribution is 5.95. The number of carbonyl (C=O) groups is 1. The molecule has 2 aromatic carbocycles. The van der Waals surface area contributed by atoms with Crippen molar-refractivity contribution in [2.24, 2.45) is 0 Å². The van der Waals surface area contributed by atoms with E-state index in [0.717, 1.165) is 22.4 Å². The summed E-state index contributed by atoms with van der Waals surface area (Å²) in [5.74, 6) is -0.0948. The minimum absolute atomic E-state index is 0.107. The number of phenols is 1. The van der Waals surface area contributed by atoms with E-state index in [-0.39, 0.29) is 5.75 Å². The number of phenolic OH excluding ortho intramolecular Hbond substituents is 1. The second-order valence-corrected chi connectivity index (χ2v) is 3.69. The highest BCUT2D eigenvalue weighted by atomic mass is 16.5. The molecule has 0 aromatic heterocycles. The van der Waals surface area contributed by atoms with E-state index in [2.05, 4.69) is 6.58 Å². The van der Waals surface area contributed by atoms with Gasteiger partial charge in [0.15, 0.2) is 0 Å². The molecule has 0 bridgehead atoms. The summed E-state index contributed by atoms with van der Waals surface area (Å²) in [7, 11) is 0. The number of aryl methyl sites for hydroxylation is 1. The van der Waals surface area contributed by atoms with E-state index in [9.17, 15) is 9.90 Å². The zero-order valence-electron chi connectivity index (χ0n) is 9.43. The molecular weight excluding hydrogens is 216 g/mol. The van der Waals surface area contributed by atoms with Crippen LogP contribution in [0.25, 0.3) is 10.8 Å². The van der Waals surface area contributed by atoms with E-state index in [4.69, 9.17) is 4.74 Å². The van der Waals surface area contributed by atoms with Gasteiger partial charge in [0.2, 0.25) is 0 Å². The van der Waals surface area contributed by atoms with Crippen LogP contribution in [-0.2, 0) is 4.79 Å². The van der Waals surface area contributed by atoms with Crippen molar-refractivity contribution in [3.05, 3.63) is 48.6 Å². The van der Waals surface area contributed by atoms with Crippen LogP contribution < -0.4 is 4.74 Å². The SMILES string of the molecule is C=CC(=O)Oc1cc(O)c(C)c2ccccc12. The Bertz CT molecular complexity index is 600. The molecule has 0 atom stereocenters. The summed E-state index contributed by atoms with van der Waals surface area (Å²) in [4.78, 5) is 11.2. The Morgan fingerprint density at radius 3 is 2.65 bits per heavy atom. The van der Waals surface area contributed by atoms with Gasteiger partial charge in [-0.3, -0.25) is 0 Å². The van der Waals surface area contributed by atoms with Gasteiger partial charge < -0.3 is 9.84 Å². The summed E-state index contributed by atoms with van der Waals surface area (Å²) >= 11 is 0. The summed E-state index contributed by atoms with van der Waals surface area (Å²) in [6.07, 6.45) is 1.09. The topological polar surface area (TPSA) is 46.5 Å². The molecule has 2 aromatic rings. The Hall–Kier alpha value is -2.29. The van der Waals surface area contributed by atoms with E-state index in [0.29, 0.717) is 5.75 Å². The zero-order chi connectivity index (χ0) is 12.4. The predicted octanol–water partition coefficient (Wildman–Crippen LogP) is 2.95. The summed E-state index contributed by atoms with van der Waals surface area (Å²) in [5.41, 5.74) is 0.763. The number of aromatic hydroxyl groups is 1. The lowest BCUT2D eigenvalue weighted by atomic mass is 10.0. The molecule has 0 unspecified atom stereocenters. The van der Waals surface area contributed by atoms with Crippen molar-refractivity contribution in [2.45, 2.75) is 6.92 Å². The maximum atomic E-state index is 11.2. The summed E-state index contributed by atoms with van der Waals surface area (Å²) < 4.78 is 5.10. The molecule has 2 rings (SSSR count). The molecule has 0 aliphatic carbocycles. The van der Waals surface area contributed by atoms with E-state index in [1.54, 1.807) is 0 Å². The average Bonchev–Trinajstić information content (AvgIpc) is 2.35. The fraction of sp³-hybridized carbons (Fsp3) is 0.0714. The zero-order valence-corrected chi connectivity index (χ0v) is 9.43. The fourth-order valence-corrected chi connectivity index (χ4v) is 1.71. The normalized spacial score (nSPS) is 10.2. The van der Waals surface area contributed by atoms with Gasteiger partial charge in [-0.25, -0.2) is 4.79 Å². The van der Waals surface area contributed by atoms with Gasteiger partial charge in [0.05, 0.1) is 0 Å². The molecule has 0 aliphatic rings. The van der Waals surface area contributed by atoms with Crippen molar-refractivity contribution in [3.8, 4) is 11.5 Å². The third-order valence-corrected chi connectivity index (χ3v) is 2.63. The molecule has 3 nitrogen and oxygen atoms in total. The van der Waals surface area contributed by atoms with Crippen LogP contribution in [0.1, 0.15) is 5.56 Å². The molecule has 0 amide bonds. The number of hydrogen-bond acceptors (Lipinski definition) is 3. The Morgan fingerprint density at radius 2 is 2.00 bits per heavy atom. The van der Waals surface area contributed by atoms with Crippen LogP contribution in [0, 0.1) is 6.92 Å². The van der Waals surface area contributed by atoms with E-state index in [1.165, 1.54) is 6.07 Å². The predicted molar refractivity (Wildman–Crippen MR) is 66.2 cm³/mol. The first-order valence-electron chi connectivity index (χ1n) is 5.19. The van der Waals surface area contributed by atoms with Crippen molar-refractivity contribution in [1.82, 2.24) is 0 Å². The molecule has 86 valence electrons. The van der Waals surface area contributed by atoms with Crippen molar-refractivity contribution in [1.29, 1.82) is 0 Å². The van der Waals surface area contributed by atoms with Gasteiger partial charge in [0.25, 0.3) is 0 Å². The van der Waals surface area contributed by atoms with Crippen LogP contribution in [0.5, 0.6) is 11.5 Å². The highest BCUT2D eigenvalue weighted by Gasteiger charge is 2.10. The molecular formula is C14H12O3. The van der Waals surface area contributed by atoms with Crippen molar-refractivity contribution < 1.29 is 14.6 Å². The second kappa shape index (κ2) is 4.29. The number of carbonyl (C=O) groups excluding carboxylic acids is 1. The quantitative estimate of drug-likeness (QED) is 0.488. The van der Waals surface area contributed by atoms with Crippen molar-refractivity contribution >= 4 is 16.7 Å². The van der Waals surface area contributed by atoms with Crippen LogP contribution in [0.15, 0.2) is 43.0 Å². The van der Waals surface area contributed by atoms with E-state index >= 15 is 0 Å². The Kier molecular flexibility index (Phi) is 2.83. The molecule has 0 spiro atoms. The second-order valence-electron chi connectivity index (χ2n) is 3.69. The number of ether oxygens (including phenoxy) is 1. The van der Waals surface area contributed by atoms with Crippen molar-refractivity contribution in [2.75, 3.05) is 0 Å². The summed E-state index contributed by atoms with van der Waals surface area (Å²) in [6.45, 7) is 5.16. The number of hydrogen-bond donors (Lipinski definition) is 1. The maximum absolute atomic E-state index is 11.2. The summed E-state index contributed by atoms with van der Waals surface area (Å²) in [5, 5.41) is 11.4. The Balaban J connectivity index is 2.67. The third-order valence-electron chi connectivity index (χ3n) is 2.63. The molecule has 3 heteroatoms. The van der Waals surface area contributed by atoms with Crippen LogP contribution in [0.2, 0.25) is 0 Å². The lowest BCUT2D eigenvalue weighted by Gasteiger charge is -2.10. The standard InChI is InChI=1S/C14H12O3/c1-3-14(16)17-13-8-12(15)9(2)10-6-4-5-7-11(10)13/h3-8,15H,1H2,2H3. The van der Waals surface area contributed by atoms with Crippen LogP contribution >= 0.6 is 0 Å². The van der Waals surface area contributed by atoms with Crippen molar-refractivity contribution in [3.63, 3.8) is 0 Å². The minimum atomic E-state index is -0.543. The van der Waals surface area contributed by atoms with Gasteiger partial charge in [0, 0.05) is 17.5 Å². The lowest BCUT2D eigenvalue weighted by Crippen LogP contribution is -2.03. The van der Waals surface area contributed by atoms with Gasteiger partial charge >= 0.3 is 5.97 Å². The first kappa shape index (κ1) is 11.2. The molecule has 0 saturated heterocycles. The van der Waals surface area contributed by atoms with E-state index in [1.807, 2.05) is 31.2 Å². The maximum Gasteiger partial charge on any atom is 0.335 e. The number of fused-ring (bicyclic) bond motifs is 1. The van der Waals surface area contributed by atoms with Crippen LogP contribution in [0.4, 0.5) is 0 Å². The Morgan fingerprint density at radius 1 is 1.35 bits per heavy atom. The van der Waals surface area contributed by atoms with Gasteiger partial charge in [0.1, 0.15) is 11.5 Å². The number of benzene rings is 2. The molecule has 0 aliphatic heterocycles. The smallest absolute Gasteiger partial charge is 0.335 e. The number of rotatable bonds is 2. The molecule has 17 heavy (non-hydrogen) atoms. The molecule has 1 N–H and O–H groups in total. The monoisotopic (exact) mass is 228 g/mol. The fourth-order valence-electron chi connectivity index (χ4n) is 1.71. The van der Waals surface area contributed by atoms with Gasteiger partial charge in [-0.2, -0.15) is 0 Å². The Labute approximate surface area is 99.0 Å². The molecule has 0 heterocycles.